The van der Waals surface area contributed by atoms with E-state index in [0.717, 1.165) is 17.7 Å². The zero-order chi connectivity index (χ0) is 22.2. The number of carbonyl (C=O) groups excluding carboxylic acids is 1. The van der Waals surface area contributed by atoms with Gasteiger partial charge in [0.1, 0.15) is 11.6 Å². The summed E-state index contributed by atoms with van der Waals surface area (Å²) in [6.07, 6.45) is 2.16. The van der Waals surface area contributed by atoms with Gasteiger partial charge in [0.15, 0.2) is 17.1 Å². The van der Waals surface area contributed by atoms with E-state index in [2.05, 4.69) is 22.1 Å². The van der Waals surface area contributed by atoms with Gasteiger partial charge < -0.3 is 10.1 Å². The molecule has 0 saturated heterocycles. The molecule has 1 N–H and O–H groups in total. The Morgan fingerprint density at radius 3 is 2.71 bits per heavy atom. The van der Waals surface area contributed by atoms with Crippen LogP contribution in [0.2, 0.25) is 0 Å². The maximum atomic E-state index is 13.1. The highest BCUT2D eigenvalue weighted by molar-refractivity contribution is 7.99. The molecule has 3 aromatic rings. The van der Waals surface area contributed by atoms with Crippen LogP contribution in [0.5, 0.6) is 5.75 Å². The van der Waals surface area contributed by atoms with E-state index in [4.69, 9.17) is 4.74 Å². The number of ether oxygens (including phenoxy) is 1. The molecule has 0 spiro atoms. The van der Waals surface area contributed by atoms with Crippen molar-refractivity contribution in [1.82, 2.24) is 14.8 Å². The summed E-state index contributed by atoms with van der Waals surface area (Å²) in [7, 11) is 0. The zero-order valence-corrected chi connectivity index (χ0v) is 18.4. The number of halogens is 1. The normalized spacial score (nSPS) is 11.7. The molecule has 1 unspecified atom stereocenters. The molecule has 1 atom stereocenters. The lowest BCUT2D eigenvalue weighted by atomic mass is 10.1. The standard InChI is InChI=1S/C23H25FN4O2S/c1-4-14-28-22(16(3)30-19-12-10-18(24)11-13-19)26-27-23(28)31-15-21(29)25-20-9-7-6-8-17(20)5-2/h4,6-13,16H,1,5,14-15H2,2-3H3,(H,25,29). The SMILES string of the molecule is C=CCn1c(SCC(=O)Nc2ccccc2CC)nnc1C(C)Oc1ccc(F)cc1. The van der Waals surface area contributed by atoms with Gasteiger partial charge in [0.2, 0.25) is 5.91 Å². The van der Waals surface area contributed by atoms with Crippen molar-refractivity contribution >= 4 is 23.4 Å². The Morgan fingerprint density at radius 1 is 1.26 bits per heavy atom. The molecule has 162 valence electrons. The van der Waals surface area contributed by atoms with Crippen LogP contribution in [0.1, 0.15) is 31.3 Å². The Morgan fingerprint density at radius 2 is 2.00 bits per heavy atom. The highest BCUT2D eigenvalue weighted by Crippen LogP contribution is 2.25. The summed E-state index contributed by atoms with van der Waals surface area (Å²) in [5.74, 6) is 0.888. The van der Waals surface area contributed by atoms with E-state index in [1.165, 1.54) is 23.9 Å². The molecule has 0 bridgehead atoms. The number of nitrogens with zero attached hydrogens (tertiary/aromatic N) is 3. The fraction of sp³-hybridized carbons (Fsp3) is 0.261. The number of thioether (sulfide) groups is 1. The molecule has 1 amide bonds. The van der Waals surface area contributed by atoms with Crippen molar-refractivity contribution in [2.45, 2.75) is 38.1 Å². The summed E-state index contributed by atoms with van der Waals surface area (Å²) in [5.41, 5.74) is 1.91. The fourth-order valence-corrected chi connectivity index (χ4v) is 3.80. The van der Waals surface area contributed by atoms with Crippen LogP contribution in [0.4, 0.5) is 10.1 Å². The average molecular weight is 441 g/mol. The molecule has 0 radical (unpaired) electrons. The minimum Gasteiger partial charge on any atom is -0.483 e. The van der Waals surface area contributed by atoms with Crippen molar-refractivity contribution in [3.05, 3.63) is 78.4 Å². The van der Waals surface area contributed by atoms with E-state index >= 15 is 0 Å². The van der Waals surface area contributed by atoms with Crippen LogP contribution in [-0.4, -0.2) is 26.4 Å². The van der Waals surface area contributed by atoms with E-state index in [1.54, 1.807) is 18.2 Å². The predicted octanol–water partition coefficient (Wildman–Crippen LogP) is 5.04. The van der Waals surface area contributed by atoms with Crippen LogP contribution in [0.3, 0.4) is 0 Å². The molecule has 3 rings (SSSR count). The van der Waals surface area contributed by atoms with Crippen molar-refractivity contribution in [1.29, 1.82) is 0 Å². The lowest BCUT2D eigenvalue weighted by molar-refractivity contribution is -0.113. The monoisotopic (exact) mass is 440 g/mol. The Labute approximate surface area is 185 Å². The van der Waals surface area contributed by atoms with Gasteiger partial charge in [-0.1, -0.05) is 43.0 Å². The second-order valence-electron chi connectivity index (χ2n) is 6.80. The maximum Gasteiger partial charge on any atom is 0.234 e. The Balaban J connectivity index is 1.67. The summed E-state index contributed by atoms with van der Waals surface area (Å²) >= 11 is 1.30. The van der Waals surface area contributed by atoms with Gasteiger partial charge in [0, 0.05) is 12.2 Å². The first-order valence-electron chi connectivity index (χ1n) is 9.98. The van der Waals surface area contributed by atoms with Gasteiger partial charge >= 0.3 is 0 Å². The van der Waals surface area contributed by atoms with Crippen molar-refractivity contribution < 1.29 is 13.9 Å². The molecule has 0 aliphatic carbocycles. The summed E-state index contributed by atoms with van der Waals surface area (Å²) < 4.78 is 20.8. The summed E-state index contributed by atoms with van der Waals surface area (Å²) in [6.45, 7) is 8.16. The van der Waals surface area contributed by atoms with Gasteiger partial charge in [-0.2, -0.15) is 0 Å². The van der Waals surface area contributed by atoms with Gasteiger partial charge in [-0.15, -0.1) is 16.8 Å². The molecular formula is C23H25FN4O2S. The molecule has 1 aromatic heterocycles. The highest BCUT2D eigenvalue weighted by atomic mass is 32.2. The topological polar surface area (TPSA) is 69.0 Å². The third-order valence-corrected chi connectivity index (χ3v) is 5.52. The second kappa shape index (κ2) is 10.8. The van der Waals surface area contributed by atoms with Gasteiger partial charge in [-0.05, 0) is 49.2 Å². The molecule has 0 fully saturated rings. The number of aromatic nitrogens is 3. The van der Waals surface area contributed by atoms with E-state index in [1.807, 2.05) is 42.7 Å². The molecule has 2 aromatic carbocycles. The first kappa shape index (κ1) is 22.6. The smallest absolute Gasteiger partial charge is 0.234 e. The molecule has 8 heteroatoms. The largest absolute Gasteiger partial charge is 0.483 e. The molecule has 31 heavy (non-hydrogen) atoms. The minimum absolute atomic E-state index is 0.115. The summed E-state index contributed by atoms with van der Waals surface area (Å²) in [4.78, 5) is 12.5. The van der Waals surface area contributed by atoms with Gasteiger partial charge in [-0.25, -0.2) is 4.39 Å². The van der Waals surface area contributed by atoms with Crippen LogP contribution in [0.25, 0.3) is 0 Å². The van der Waals surface area contributed by atoms with Crippen molar-refractivity contribution in [3.63, 3.8) is 0 Å². The fourth-order valence-electron chi connectivity index (χ4n) is 3.05. The lowest BCUT2D eigenvalue weighted by Crippen LogP contribution is -2.16. The van der Waals surface area contributed by atoms with Crippen LogP contribution in [0.15, 0.2) is 66.3 Å². The van der Waals surface area contributed by atoms with Crippen LogP contribution in [0, 0.1) is 5.82 Å². The third kappa shape index (κ3) is 5.95. The number of aryl methyl sites for hydroxylation is 1. The summed E-state index contributed by atoms with van der Waals surface area (Å²) in [5, 5.41) is 12.0. The van der Waals surface area contributed by atoms with Gasteiger partial charge in [0.05, 0.1) is 5.75 Å². The average Bonchev–Trinajstić information content (AvgIpc) is 3.17. The Bertz CT molecular complexity index is 1040. The van der Waals surface area contributed by atoms with Crippen molar-refractivity contribution in [2.24, 2.45) is 0 Å². The quantitative estimate of drug-likeness (QED) is 0.353. The molecule has 0 aliphatic heterocycles. The number of hydrogen-bond acceptors (Lipinski definition) is 5. The van der Waals surface area contributed by atoms with Crippen molar-refractivity contribution in [2.75, 3.05) is 11.1 Å². The number of amides is 1. The van der Waals surface area contributed by atoms with Gasteiger partial charge in [-0.3, -0.25) is 9.36 Å². The lowest BCUT2D eigenvalue weighted by Gasteiger charge is -2.15. The van der Waals surface area contributed by atoms with E-state index in [-0.39, 0.29) is 17.5 Å². The number of anilines is 1. The highest BCUT2D eigenvalue weighted by Gasteiger charge is 2.20. The number of para-hydroxylation sites is 1. The number of benzene rings is 2. The Kier molecular flexibility index (Phi) is 7.83. The zero-order valence-electron chi connectivity index (χ0n) is 17.5. The molecule has 1 heterocycles. The minimum atomic E-state index is -0.419. The van der Waals surface area contributed by atoms with E-state index in [9.17, 15) is 9.18 Å². The van der Waals surface area contributed by atoms with Crippen LogP contribution >= 0.6 is 11.8 Å². The molecule has 0 saturated carbocycles. The van der Waals surface area contributed by atoms with E-state index in [0.29, 0.717) is 23.3 Å². The molecular weight excluding hydrogens is 415 g/mol. The first-order chi connectivity index (χ1) is 15.0. The number of hydrogen-bond donors (Lipinski definition) is 1. The van der Waals surface area contributed by atoms with Crippen LogP contribution < -0.4 is 10.1 Å². The maximum absolute atomic E-state index is 13.1. The van der Waals surface area contributed by atoms with E-state index < -0.39 is 6.10 Å². The number of allylic oxidation sites excluding steroid dienone is 1. The Hall–Kier alpha value is -3.13. The third-order valence-electron chi connectivity index (χ3n) is 4.55. The number of nitrogens with one attached hydrogen (secondary N) is 1. The first-order valence-corrected chi connectivity index (χ1v) is 11.0. The predicted molar refractivity (Wildman–Crippen MR) is 121 cm³/mol. The second-order valence-corrected chi connectivity index (χ2v) is 7.74. The summed E-state index contributed by atoms with van der Waals surface area (Å²) in [6, 6.07) is 13.6. The molecule has 6 nitrogen and oxygen atoms in total. The number of carbonyl (C=O) groups is 1. The number of rotatable bonds is 10. The van der Waals surface area contributed by atoms with Crippen LogP contribution in [-0.2, 0) is 17.8 Å². The molecule has 0 aliphatic rings. The van der Waals surface area contributed by atoms with Gasteiger partial charge in [0.25, 0.3) is 0 Å². The van der Waals surface area contributed by atoms with Crippen molar-refractivity contribution in [3.8, 4) is 5.75 Å².